The van der Waals surface area contributed by atoms with E-state index in [-0.39, 0.29) is 0 Å². The van der Waals surface area contributed by atoms with Crippen molar-refractivity contribution in [2.75, 3.05) is 4.90 Å². The van der Waals surface area contributed by atoms with Crippen LogP contribution in [0.2, 0.25) is 0 Å². The average molecular weight is 818 g/mol. The second-order valence-corrected chi connectivity index (χ2v) is 16.0. The highest BCUT2D eigenvalue weighted by molar-refractivity contribution is 5.85. The lowest BCUT2D eigenvalue weighted by atomic mass is 9.99. The average Bonchev–Trinajstić information content (AvgIpc) is 3.78. The molecule has 3 nitrogen and oxygen atoms in total. The highest BCUT2D eigenvalue weighted by Gasteiger charge is 2.17. The summed E-state index contributed by atoms with van der Waals surface area (Å²) in [6, 6.07) is 93.1. The Morgan fingerprint density at radius 2 is 0.594 bits per heavy atom. The van der Waals surface area contributed by atoms with Gasteiger partial charge in [0, 0.05) is 28.3 Å². The summed E-state index contributed by atoms with van der Waals surface area (Å²) in [5.74, 6) is 0.926. The summed E-state index contributed by atoms with van der Waals surface area (Å²) < 4.78 is 2.27. The first-order chi connectivity index (χ1) is 31.7. The van der Waals surface area contributed by atoms with Gasteiger partial charge >= 0.3 is 0 Å². The number of aromatic nitrogens is 2. The topological polar surface area (TPSA) is 21.1 Å². The summed E-state index contributed by atoms with van der Waals surface area (Å²) in [6.45, 7) is 0. The zero-order valence-electron chi connectivity index (χ0n) is 35.2. The standard InChI is InChI=1S/C61H43N3/c1-4-13-44(14-5-1)46-23-27-48(28-24-46)50-31-37-55(38-32-50)63(56-39-33-51(34-40-56)49-29-25-47(26-30-49)45-15-6-2-7-16-45)57-41-35-52(36-42-57)54-19-12-20-58(43-54)64-60-22-11-10-21-59(60)62-61(64)53-17-8-3-9-18-53/h1-43H. The normalized spacial score (nSPS) is 11.1. The fourth-order valence-electron chi connectivity index (χ4n) is 8.72. The van der Waals surface area contributed by atoms with Crippen LogP contribution in [0.3, 0.4) is 0 Å². The molecule has 0 fully saturated rings. The fraction of sp³-hybridized carbons (Fsp3) is 0. The molecular weight excluding hydrogens is 775 g/mol. The minimum atomic E-state index is 0.926. The molecule has 302 valence electrons. The Morgan fingerprint density at radius 3 is 1.03 bits per heavy atom. The minimum absolute atomic E-state index is 0.926. The van der Waals surface area contributed by atoms with Crippen LogP contribution >= 0.6 is 0 Å². The van der Waals surface area contributed by atoms with E-state index in [9.17, 15) is 0 Å². The maximum atomic E-state index is 5.08. The zero-order chi connectivity index (χ0) is 42.7. The highest BCUT2D eigenvalue weighted by Crippen LogP contribution is 2.39. The predicted octanol–water partition coefficient (Wildman–Crippen LogP) is 16.5. The molecule has 0 aliphatic rings. The van der Waals surface area contributed by atoms with Crippen LogP contribution in [0.4, 0.5) is 17.1 Å². The van der Waals surface area contributed by atoms with Gasteiger partial charge in [0.2, 0.25) is 0 Å². The Morgan fingerprint density at radius 1 is 0.266 bits per heavy atom. The Kier molecular flexibility index (Phi) is 10.3. The second kappa shape index (κ2) is 17.1. The minimum Gasteiger partial charge on any atom is -0.311 e. The second-order valence-electron chi connectivity index (χ2n) is 16.0. The van der Waals surface area contributed by atoms with E-state index in [1.807, 2.05) is 12.1 Å². The van der Waals surface area contributed by atoms with Gasteiger partial charge in [0.25, 0.3) is 0 Å². The summed E-state index contributed by atoms with van der Waals surface area (Å²) >= 11 is 0. The number of fused-ring (bicyclic) bond motifs is 1. The third-order valence-electron chi connectivity index (χ3n) is 12.1. The molecule has 1 heterocycles. The molecule has 0 aliphatic carbocycles. The van der Waals surface area contributed by atoms with Gasteiger partial charge in [0.1, 0.15) is 5.82 Å². The van der Waals surface area contributed by atoms with Gasteiger partial charge in [-0.05, 0) is 116 Å². The summed E-state index contributed by atoms with van der Waals surface area (Å²) in [6.07, 6.45) is 0. The fourth-order valence-corrected chi connectivity index (χ4v) is 8.72. The van der Waals surface area contributed by atoms with Crippen molar-refractivity contribution in [2.24, 2.45) is 0 Å². The molecule has 64 heavy (non-hydrogen) atoms. The van der Waals surface area contributed by atoms with E-state index >= 15 is 0 Å². The van der Waals surface area contributed by atoms with Crippen LogP contribution < -0.4 is 4.90 Å². The van der Waals surface area contributed by atoms with Crippen LogP contribution in [0, 0.1) is 0 Å². The van der Waals surface area contributed by atoms with E-state index in [4.69, 9.17) is 4.98 Å². The van der Waals surface area contributed by atoms with Crippen molar-refractivity contribution in [3.63, 3.8) is 0 Å². The van der Waals surface area contributed by atoms with E-state index < -0.39 is 0 Å². The van der Waals surface area contributed by atoms with Crippen LogP contribution in [0.5, 0.6) is 0 Å². The van der Waals surface area contributed by atoms with Crippen LogP contribution in [-0.4, -0.2) is 9.55 Å². The first-order valence-corrected chi connectivity index (χ1v) is 21.8. The van der Waals surface area contributed by atoms with Gasteiger partial charge in [-0.3, -0.25) is 4.57 Å². The number of benzene rings is 10. The third-order valence-corrected chi connectivity index (χ3v) is 12.1. The largest absolute Gasteiger partial charge is 0.311 e. The Labute approximate surface area is 374 Å². The van der Waals surface area contributed by atoms with Crippen molar-refractivity contribution >= 4 is 28.1 Å². The van der Waals surface area contributed by atoms with Crippen LogP contribution in [0.25, 0.3) is 83.7 Å². The Balaban J connectivity index is 0.927. The van der Waals surface area contributed by atoms with E-state index in [1.165, 1.54) is 44.5 Å². The number of imidazole rings is 1. The lowest BCUT2D eigenvalue weighted by Crippen LogP contribution is -2.09. The van der Waals surface area contributed by atoms with Gasteiger partial charge in [-0.2, -0.15) is 0 Å². The lowest BCUT2D eigenvalue weighted by molar-refractivity contribution is 1.10. The van der Waals surface area contributed by atoms with Crippen LogP contribution in [0.15, 0.2) is 261 Å². The van der Waals surface area contributed by atoms with Crippen LogP contribution in [0.1, 0.15) is 0 Å². The summed E-state index contributed by atoms with van der Waals surface area (Å²) in [5.41, 5.74) is 19.3. The smallest absolute Gasteiger partial charge is 0.145 e. The zero-order valence-corrected chi connectivity index (χ0v) is 35.2. The van der Waals surface area contributed by atoms with Crippen molar-refractivity contribution < 1.29 is 0 Å². The maximum absolute atomic E-state index is 5.08. The van der Waals surface area contributed by atoms with Crippen molar-refractivity contribution in [1.82, 2.24) is 9.55 Å². The number of hydrogen-bond acceptors (Lipinski definition) is 2. The van der Waals surface area contributed by atoms with Crippen LogP contribution in [-0.2, 0) is 0 Å². The van der Waals surface area contributed by atoms with E-state index in [0.29, 0.717) is 0 Å². The molecular formula is C61H43N3. The number of rotatable bonds is 10. The molecule has 1 aromatic heterocycles. The number of nitrogens with zero attached hydrogens (tertiary/aromatic N) is 3. The first-order valence-electron chi connectivity index (χ1n) is 21.8. The third kappa shape index (κ3) is 7.68. The SMILES string of the molecule is c1ccc(-c2ccc(-c3ccc(N(c4ccc(-c5ccc(-c6ccccc6)cc5)cc4)c4ccc(-c5cccc(-n6c(-c7ccccc7)nc7ccccc76)c5)cc4)cc3)cc2)cc1. The number of anilines is 3. The molecule has 0 bridgehead atoms. The molecule has 11 aromatic rings. The number of para-hydroxylation sites is 2. The van der Waals surface area contributed by atoms with E-state index in [1.54, 1.807) is 0 Å². The molecule has 0 unspecified atom stereocenters. The quantitative estimate of drug-likeness (QED) is 0.137. The van der Waals surface area contributed by atoms with Gasteiger partial charge in [0.05, 0.1) is 11.0 Å². The molecule has 0 radical (unpaired) electrons. The lowest BCUT2D eigenvalue weighted by Gasteiger charge is -2.26. The Bertz CT molecular complexity index is 3180. The molecule has 0 atom stereocenters. The molecule has 0 aliphatic heterocycles. The monoisotopic (exact) mass is 817 g/mol. The van der Waals surface area contributed by atoms with Crippen molar-refractivity contribution in [2.45, 2.75) is 0 Å². The van der Waals surface area contributed by atoms with Gasteiger partial charge in [-0.15, -0.1) is 0 Å². The molecule has 0 amide bonds. The van der Waals surface area contributed by atoms with Crippen molar-refractivity contribution in [1.29, 1.82) is 0 Å². The summed E-state index contributed by atoms with van der Waals surface area (Å²) in [7, 11) is 0. The highest BCUT2D eigenvalue weighted by atomic mass is 15.1. The number of hydrogen-bond donors (Lipinski definition) is 0. The molecule has 3 heteroatoms. The van der Waals surface area contributed by atoms with Crippen molar-refractivity contribution in [3.05, 3.63) is 261 Å². The molecule has 0 saturated heterocycles. The van der Waals surface area contributed by atoms with Gasteiger partial charge in [0.15, 0.2) is 0 Å². The molecule has 10 aromatic carbocycles. The first kappa shape index (κ1) is 38.4. The van der Waals surface area contributed by atoms with Gasteiger partial charge in [-0.1, -0.05) is 200 Å². The predicted molar refractivity (Wildman–Crippen MR) is 268 cm³/mol. The van der Waals surface area contributed by atoms with E-state index in [0.717, 1.165) is 56.3 Å². The summed E-state index contributed by atoms with van der Waals surface area (Å²) in [5, 5.41) is 0. The van der Waals surface area contributed by atoms with E-state index in [2.05, 4.69) is 258 Å². The van der Waals surface area contributed by atoms with Crippen molar-refractivity contribution in [3.8, 4) is 72.7 Å². The Hall–Kier alpha value is -8.53. The molecule has 11 rings (SSSR count). The molecule has 0 saturated carbocycles. The molecule has 0 N–H and O–H groups in total. The molecule has 0 spiro atoms. The van der Waals surface area contributed by atoms with Gasteiger partial charge < -0.3 is 4.90 Å². The van der Waals surface area contributed by atoms with Gasteiger partial charge in [-0.25, -0.2) is 4.98 Å². The summed E-state index contributed by atoms with van der Waals surface area (Å²) in [4.78, 5) is 7.42. The maximum Gasteiger partial charge on any atom is 0.145 e.